The predicted octanol–water partition coefficient (Wildman–Crippen LogP) is 1.04. The fraction of sp³-hybridized carbons (Fsp3) is 0.714. The number of carbonyl (C=O) groups excluding carboxylic acids is 1. The Morgan fingerprint density at radius 3 is 2.76 bits per heavy atom. The van der Waals surface area contributed by atoms with E-state index in [1.807, 2.05) is 19.0 Å². The number of nitrogens with two attached hydrogens (primary N) is 1. The quantitative estimate of drug-likeness (QED) is 0.794. The first-order valence-corrected chi connectivity index (χ1v) is 7.56. The normalized spacial score (nSPS) is 18.1. The van der Waals surface area contributed by atoms with Gasteiger partial charge >= 0.3 is 0 Å². The van der Waals surface area contributed by atoms with Crippen molar-refractivity contribution in [2.45, 2.75) is 19.4 Å². The van der Waals surface area contributed by atoms with E-state index >= 15 is 0 Å². The largest absolute Gasteiger partial charge is 0.381 e. The molecule has 7 heteroatoms. The van der Waals surface area contributed by atoms with Crippen molar-refractivity contribution in [1.82, 2.24) is 14.7 Å². The summed E-state index contributed by atoms with van der Waals surface area (Å²) in [5, 5.41) is 4.64. The van der Waals surface area contributed by atoms with E-state index in [0.717, 1.165) is 6.54 Å². The lowest BCUT2D eigenvalue weighted by atomic mass is 9.75. The van der Waals surface area contributed by atoms with Crippen molar-refractivity contribution in [3.8, 4) is 0 Å². The fourth-order valence-electron chi connectivity index (χ4n) is 2.59. The van der Waals surface area contributed by atoms with Crippen LogP contribution >= 0.6 is 11.6 Å². The molecule has 1 aromatic rings. The van der Waals surface area contributed by atoms with Crippen molar-refractivity contribution in [2.24, 2.45) is 11.1 Å². The highest BCUT2D eigenvalue weighted by atomic mass is 35.5. The molecular formula is C14H23ClN4O2. The van der Waals surface area contributed by atoms with E-state index in [2.05, 4.69) is 5.10 Å². The van der Waals surface area contributed by atoms with E-state index in [-0.39, 0.29) is 5.78 Å². The van der Waals surface area contributed by atoms with Crippen LogP contribution in [0.25, 0.3) is 0 Å². The van der Waals surface area contributed by atoms with E-state index in [4.69, 9.17) is 22.1 Å². The lowest BCUT2D eigenvalue weighted by molar-refractivity contribution is 0.0193. The molecule has 0 saturated carbocycles. The number of carbonyl (C=O) groups is 1. The Kier molecular flexibility index (Phi) is 5.37. The lowest BCUT2D eigenvalue weighted by Crippen LogP contribution is -2.44. The molecule has 1 aliphatic rings. The summed E-state index contributed by atoms with van der Waals surface area (Å²) in [4.78, 5) is 15.0. The third-order valence-corrected chi connectivity index (χ3v) is 4.37. The number of hydrogen-bond acceptors (Lipinski definition) is 5. The molecule has 0 radical (unpaired) electrons. The number of ketones is 1. The van der Waals surface area contributed by atoms with Gasteiger partial charge in [0.15, 0.2) is 5.78 Å². The van der Waals surface area contributed by atoms with Gasteiger partial charge in [-0.25, -0.2) is 0 Å². The first kappa shape index (κ1) is 16.4. The number of nitrogens with zero attached hydrogens (tertiary/aromatic N) is 3. The minimum Gasteiger partial charge on any atom is -0.381 e. The van der Waals surface area contributed by atoms with Crippen molar-refractivity contribution in [1.29, 1.82) is 0 Å². The number of ether oxygens (including phenoxy) is 1. The van der Waals surface area contributed by atoms with Gasteiger partial charge in [-0.05, 0) is 26.9 Å². The number of Topliss-reactive ketones (excluding diaryl/α,β-unsaturated/α-hetero) is 1. The maximum atomic E-state index is 13.0. The van der Waals surface area contributed by atoms with Gasteiger partial charge in [0, 0.05) is 26.3 Å². The Morgan fingerprint density at radius 2 is 2.19 bits per heavy atom. The van der Waals surface area contributed by atoms with Gasteiger partial charge in [0.05, 0.1) is 23.2 Å². The smallest absolute Gasteiger partial charge is 0.189 e. The van der Waals surface area contributed by atoms with Gasteiger partial charge in [0.2, 0.25) is 0 Å². The van der Waals surface area contributed by atoms with Gasteiger partial charge in [-0.3, -0.25) is 9.48 Å². The molecule has 0 atom stereocenters. The van der Waals surface area contributed by atoms with E-state index < -0.39 is 5.41 Å². The first-order valence-electron chi connectivity index (χ1n) is 7.19. The summed E-state index contributed by atoms with van der Waals surface area (Å²) < 4.78 is 7.06. The van der Waals surface area contributed by atoms with Gasteiger partial charge in [0.25, 0.3) is 0 Å². The van der Waals surface area contributed by atoms with Crippen LogP contribution in [0.4, 0.5) is 0 Å². The summed E-state index contributed by atoms with van der Waals surface area (Å²) in [6.45, 7) is 2.85. The molecule has 21 heavy (non-hydrogen) atoms. The third kappa shape index (κ3) is 3.45. The molecule has 6 nitrogen and oxygen atoms in total. The second-order valence-corrected chi connectivity index (χ2v) is 6.20. The summed E-state index contributed by atoms with van der Waals surface area (Å²) in [5.74, 6) is -0.00504. The molecule has 1 fully saturated rings. The average molecular weight is 315 g/mol. The maximum Gasteiger partial charge on any atom is 0.189 e. The van der Waals surface area contributed by atoms with Crippen LogP contribution in [0, 0.1) is 5.41 Å². The highest BCUT2D eigenvalue weighted by Crippen LogP contribution is 2.35. The molecule has 0 amide bonds. The standard InChI is InChI=1S/C14H23ClN4O2/c1-18(2)5-6-19-12(11(15)9-17-19)13(20)14(10-16)3-7-21-8-4-14/h9H,3-8,10,16H2,1-2H3. The number of hydrogen-bond donors (Lipinski definition) is 1. The van der Waals surface area contributed by atoms with Gasteiger partial charge in [-0.15, -0.1) is 0 Å². The number of rotatable bonds is 6. The van der Waals surface area contributed by atoms with E-state index in [9.17, 15) is 4.79 Å². The minimum absolute atomic E-state index is 0.00504. The molecule has 1 saturated heterocycles. The lowest BCUT2D eigenvalue weighted by Gasteiger charge is -2.34. The third-order valence-electron chi connectivity index (χ3n) is 4.09. The molecule has 2 rings (SSSR count). The highest BCUT2D eigenvalue weighted by Gasteiger charge is 2.41. The number of aromatic nitrogens is 2. The molecule has 0 aromatic carbocycles. The van der Waals surface area contributed by atoms with Crippen LogP contribution in [0.1, 0.15) is 23.3 Å². The highest BCUT2D eigenvalue weighted by molar-refractivity contribution is 6.33. The predicted molar refractivity (Wildman–Crippen MR) is 81.7 cm³/mol. The zero-order valence-corrected chi connectivity index (χ0v) is 13.4. The second kappa shape index (κ2) is 6.87. The summed E-state index contributed by atoms with van der Waals surface area (Å²) in [6, 6.07) is 0. The molecular weight excluding hydrogens is 292 g/mol. The number of likely N-dealkylation sites (N-methyl/N-ethyl adjacent to an activating group) is 1. The molecule has 0 bridgehead atoms. The molecule has 1 aliphatic heterocycles. The van der Waals surface area contributed by atoms with Crippen LogP contribution < -0.4 is 5.73 Å². The molecule has 0 spiro atoms. The molecule has 0 aliphatic carbocycles. The van der Waals surface area contributed by atoms with Gasteiger partial charge in [-0.2, -0.15) is 5.10 Å². The Bertz CT molecular complexity index is 495. The van der Waals surface area contributed by atoms with Crippen LogP contribution in [0.5, 0.6) is 0 Å². The van der Waals surface area contributed by atoms with Crippen molar-refractivity contribution < 1.29 is 9.53 Å². The van der Waals surface area contributed by atoms with E-state index in [1.165, 1.54) is 6.20 Å². The summed E-state index contributed by atoms with van der Waals surface area (Å²) in [6.07, 6.45) is 2.81. The average Bonchev–Trinajstić information content (AvgIpc) is 2.86. The zero-order valence-electron chi connectivity index (χ0n) is 12.6. The first-order chi connectivity index (χ1) is 10.00. The fourth-order valence-corrected chi connectivity index (χ4v) is 2.82. The van der Waals surface area contributed by atoms with Crippen molar-refractivity contribution >= 4 is 17.4 Å². The van der Waals surface area contributed by atoms with Gasteiger partial charge < -0.3 is 15.4 Å². The maximum absolute atomic E-state index is 13.0. The van der Waals surface area contributed by atoms with E-state index in [0.29, 0.717) is 49.9 Å². The van der Waals surface area contributed by atoms with Crippen molar-refractivity contribution in [3.63, 3.8) is 0 Å². The Balaban J connectivity index is 2.27. The Hall–Kier alpha value is -0.950. The minimum atomic E-state index is -0.572. The SMILES string of the molecule is CN(C)CCn1ncc(Cl)c1C(=O)C1(CN)CCOCC1. The van der Waals surface area contributed by atoms with Gasteiger partial charge in [0.1, 0.15) is 5.69 Å². The summed E-state index contributed by atoms with van der Waals surface area (Å²) in [7, 11) is 3.96. The molecule has 1 aromatic heterocycles. The summed E-state index contributed by atoms with van der Waals surface area (Å²) >= 11 is 6.20. The molecule has 118 valence electrons. The summed E-state index contributed by atoms with van der Waals surface area (Å²) in [5.41, 5.74) is 5.82. The molecule has 0 unspecified atom stereocenters. The number of halogens is 1. The van der Waals surface area contributed by atoms with Crippen LogP contribution in [0.2, 0.25) is 5.02 Å². The van der Waals surface area contributed by atoms with Crippen molar-refractivity contribution in [3.05, 3.63) is 16.9 Å². The molecule has 2 N–H and O–H groups in total. The zero-order chi connectivity index (χ0) is 15.5. The monoisotopic (exact) mass is 314 g/mol. The van der Waals surface area contributed by atoms with Crippen LogP contribution in [0.3, 0.4) is 0 Å². The van der Waals surface area contributed by atoms with Gasteiger partial charge in [-0.1, -0.05) is 11.6 Å². The Labute approximate surface area is 130 Å². The topological polar surface area (TPSA) is 73.4 Å². The van der Waals surface area contributed by atoms with Crippen LogP contribution in [0.15, 0.2) is 6.20 Å². The Morgan fingerprint density at radius 1 is 1.52 bits per heavy atom. The van der Waals surface area contributed by atoms with Crippen LogP contribution in [-0.4, -0.2) is 60.9 Å². The van der Waals surface area contributed by atoms with Crippen molar-refractivity contribution in [2.75, 3.05) is 40.4 Å². The van der Waals surface area contributed by atoms with E-state index in [1.54, 1.807) is 4.68 Å². The second-order valence-electron chi connectivity index (χ2n) is 5.79. The molecule has 2 heterocycles. The van der Waals surface area contributed by atoms with Crippen LogP contribution in [-0.2, 0) is 11.3 Å².